The molecule has 146 valence electrons. The molecule has 3 aromatic rings. The number of nitrogens with zero attached hydrogens (tertiary/aromatic N) is 1. The average molecular weight is 398 g/mol. The van der Waals surface area contributed by atoms with Crippen LogP contribution in [0.15, 0.2) is 40.1 Å². The number of hydrogen-bond donors (Lipinski definition) is 2. The van der Waals surface area contributed by atoms with Gasteiger partial charge in [0.15, 0.2) is 0 Å². The summed E-state index contributed by atoms with van der Waals surface area (Å²) in [7, 11) is 0. The molecule has 0 radical (unpaired) electrons. The monoisotopic (exact) mass is 397 g/mol. The Bertz CT molecular complexity index is 967. The highest BCUT2D eigenvalue weighted by molar-refractivity contribution is 7.14. The maximum atomic E-state index is 12.5. The van der Waals surface area contributed by atoms with E-state index in [9.17, 15) is 9.59 Å². The van der Waals surface area contributed by atoms with Gasteiger partial charge in [0.25, 0.3) is 11.8 Å². The van der Waals surface area contributed by atoms with Crippen molar-refractivity contribution < 1.29 is 14.0 Å². The number of oxazole rings is 1. The van der Waals surface area contributed by atoms with Gasteiger partial charge in [-0.2, -0.15) is 0 Å². The maximum Gasteiger partial charge on any atom is 0.256 e. The van der Waals surface area contributed by atoms with Crippen LogP contribution in [0.5, 0.6) is 0 Å². The second-order valence-electron chi connectivity index (χ2n) is 6.83. The van der Waals surface area contributed by atoms with Gasteiger partial charge in [-0.3, -0.25) is 9.59 Å². The van der Waals surface area contributed by atoms with Crippen molar-refractivity contribution in [3.63, 3.8) is 0 Å². The summed E-state index contributed by atoms with van der Waals surface area (Å²) in [4.78, 5) is 29.3. The molecule has 0 aliphatic rings. The number of aromatic nitrogens is 1. The average Bonchev–Trinajstić information content (AvgIpc) is 3.26. The third-order valence-electron chi connectivity index (χ3n) is 4.45. The Balaban J connectivity index is 1.65. The Morgan fingerprint density at radius 1 is 1.11 bits per heavy atom. The molecule has 0 atom stereocenters. The number of nitrogens with one attached hydrogen (secondary N) is 2. The van der Waals surface area contributed by atoms with Gasteiger partial charge in [-0.1, -0.05) is 26.0 Å². The minimum atomic E-state index is -0.291. The number of amides is 2. The molecule has 0 aliphatic carbocycles. The Morgan fingerprint density at radius 2 is 1.82 bits per heavy atom. The number of carbonyl (C=O) groups is 2. The molecule has 2 aromatic heterocycles. The molecule has 2 N–H and O–H groups in total. The molecule has 0 unspecified atom stereocenters. The van der Waals surface area contributed by atoms with Crippen molar-refractivity contribution in [1.82, 2.24) is 10.3 Å². The van der Waals surface area contributed by atoms with E-state index in [-0.39, 0.29) is 18.4 Å². The van der Waals surface area contributed by atoms with Gasteiger partial charge < -0.3 is 15.1 Å². The summed E-state index contributed by atoms with van der Waals surface area (Å²) < 4.78 is 5.47. The third-order valence-corrected chi connectivity index (χ3v) is 5.28. The van der Waals surface area contributed by atoms with E-state index in [1.807, 2.05) is 26.0 Å². The summed E-state index contributed by atoms with van der Waals surface area (Å²) >= 11 is 1.31. The number of benzene rings is 1. The lowest BCUT2D eigenvalue weighted by molar-refractivity contribution is 0.0948. The summed E-state index contributed by atoms with van der Waals surface area (Å²) in [5, 5.41) is 7.88. The number of anilines is 1. The first-order valence-electron chi connectivity index (χ1n) is 9.05. The summed E-state index contributed by atoms with van der Waals surface area (Å²) in [6.07, 6.45) is 0. The fraction of sp³-hybridized carbons (Fsp3) is 0.286. The molecule has 0 spiro atoms. The highest BCUT2D eigenvalue weighted by Crippen LogP contribution is 2.24. The van der Waals surface area contributed by atoms with E-state index in [0.29, 0.717) is 27.9 Å². The number of hydrogen-bond acceptors (Lipinski definition) is 5. The van der Waals surface area contributed by atoms with Crippen molar-refractivity contribution in [2.45, 2.75) is 40.2 Å². The van der Waals surface area contributed by atoms with Crippen molar-refractivity contribution >= 4 is 28.2 Å². The summed E-state index contributed by atoms with van der Waals surface area (Å²) in [6, 6.07) is 9.17. The number of thiophene rings is 1. The zero-order valence-electron chi connectivity index (χ0n) is 16.3. The van der Waals surface area contributed by atoms with Crippen molar-refractivity contribution in [2.75, 3.05) is 5.32 Å². The predicted octanol–water partition coefficient (Wildman–Crippen LogP) is 4.66. The van der Waals surface area contributed by atoms with Crippen LogP contribution >= 0.6 is 11.3 Å². The van der Waals surface area contributed by atoms with Crippen molar-refractivity contribution in [3.8, 4) is 0 Å². The first-order chi connectivity index (χ1) is 13.3. The normalized spacial score (nSPS) is 10.9. The van der Waals surface area contributed by atoms with Crippen LogP contribution in [0.3, 0.4) is 0 Å². The standard InChI is InChI=1S/C21H23N3O3S/c1-12(2)15-5-7-16(8-6-15)19(25)24-21-17(9-10-28-21)20(26)22-11-18-23-13(3)14(4)27-18/h5-10,12H,11H2,1-4H3,(H,22,26)(H,24,25). The molecule has 2 amide bonds. The Labute approximate surface area is 168 Å². The molecule has 2 heterocycles. The minimum absolute atomic E-state index is 0.188. The highest BCUT2D eigenvalue weighted by atomic mass is 32.1. The molecule has 0 saturated heterocycles. The molecule has 6 nitrogen and oxygen atoms in total. The van der Waals surface area contributed by atoms with Crippen LogP contribution in [-0.2, 0) is 6.54 Å². The van der Waals surface area contributed by atoms with Crippen LogP contribution in [-0.4, -0.2) is 16.8 Å². The zero-order valence-corrected chi connectivity index (χ0v) is 17.1. The third kappa shape index (κ3) is 4.48. The van der Waals surface area contributed by atoms with Crippen molar-refractivity contribution in [2.24, 2.45) is 0 Å². The quantitative estimate of drug-likeness (QED) is 0.634. The summed E-state index contributed by atoms with van der Waals surface area (Å²) in [5.41, 5.74) is 2.94. The van der Waals surface area contributed by atoms with Crippen LogP contribution in [0.2, 0.25) is 0 Å². The van der Waals surface area contributed by atoms with Gasteiger partial charge in [-0.05, 0) is 48.9 Å². The van der Waals surface area contributed by atoms with Gasteiger partial charge in [0.05, 0.1) is 17.8 Å². The molecular formula is C21H23N3O3S. The van der Waals surface area contributed by atoms with E-state index in [1.165, 1.54) is 16.9 Å². The van der Waals surface area contributed by atoms with Crippen LogP contribution in [0.4, 0.5) is 5.00 Å². The SMILES string of the molecule is Cc1nc(CNC(=O)c2ccsc2NC(=O)c2ccc(C(C)C)cc2)oc1C. The fourth-order valence-electron chi connectivity index (χ4n) is 2.65. The van der Waals surface area contributed by atoms with E-state index < -0.39 is 0 Å². The lowest BCUT2D eigenvalue weighted by Crippen LogP contribution is -2.24. The van der Waals surface area contributed by atoms with Crippen LogP contribution in [0.25, 0.3) is 0 Å². The molecule has 0 saturated carbocycles. The van der Waals surface area contributed by atoms with Gasteiger partial charge in [0, 0.05) is 5.56 Å². The van der Waals surface area contributed by atoms with E-state index in [1.54, 1.807) is 23.6 Å². The molecule has 0 bridgehead atoms. The van der Waals surface area contributed by atoms with Gasteiger partial charge >= 0.3 is 0 Å². The lowest BCUT2D eigenvalue weighted by atomic mass is 10.0. The molecule has 3 rings (SSSR count). The van der Waals surface area contributed by atoms with Gasteiger partial charge in [-0.15, -0.1) is 11.3 Å². The van der Waals surface area contributed by atoms with Crippen LogP contribution in [0, 0.1) is 13.8 Å². The Kier molecular flexibility index (Phi) is 5.94. The second kappa shape index (κ2) is 8.39. The smallest absolute Gasteiger partial charge is 0.256 e. The Hall–Kier alpha value is -2.93. The van der Waals surface area contributed by atoms with E-state index in [2.05, 4.69) is 29.5 Å². The molecule has 0 aliphatic heterocycles. The maximum absolute atomic E-state index is 12.5. The summed E-state index contributed by atoms with van der Waals surface area (Å²) in [5.74, 6) is 1.05. The zero-order chi connectivity index (χ0) is 20.3. The molecular weight excluding hydrogens is 374 g/mol. The first-order valence-corrected chi connectivity index (χ1v) is 9.93. The summed E-state index contributed by atoms with van der Waals surface area (Å²) in [6.45, 7) is 8.07. The van der Waals surface area contributed by atoms with E-state index in [0.717, 1.165) is 11.5 Å². The highest BCUT2D eigenvalue weighted by Gasteiger charge is 2.17. The molecule has 7 heteroatoms. The molecule has 0 fully saturated rings. The van der Waals surface area contributed by atoms with Crippen LogP contribution < -0.4 is 10.6 Å². The first kappa shape index (κ1) is 19.8. The van der Waals surface area contributed by atoms with E-state index >= 15 is 0 Å². The predicted molar refractivity (Wildman–Crippen MR) is 110 cm³/mol. The number of rotatable bonds is 6. The van der Waals surface area contributed by atoms with Crippen LogP contribution in [0.1, 0.15) is 63.4 Å². The van der Waals surface area contributed by atoms with Crippen molar-refractivity contribution in [1.29, 1.82) is 0 Å². The lowest BCUT2D eigenvalue weighted by Gasteiger charge is -2.08. The number of aryl methyl sites for hydroxylation is 2. The molecule has 28 heavy (non-hydrogen) atoms. The number of carbonyl (C=O) groups excluding carboxylic acids is 2. The second-order valence-corrected chi connectivity index (χ2v) is 7.74. The van der Waals surface area contributed by atoms with Gasteiger partial charge in [0.2, 0.25) is 5.89 Å². The van der Waals surface area contributed by atoms with Gasteiger partial charge in [-0.25, -0.2) is 4.98 Å². The minimum Gasteiger partial charge on any atom is -0.444 e. The largest absolute Gasteiger partial charge is 0.444 e. The van der Waals surface area contributed by atoms with Crippen molar-refractivity contribution in [3.05, 3.63) is 69.7 Å². The Morgan fingerprint density at radius 3 is 2.43 bits per heavy atom. The van der Waals surface area contributed by atoms with E-state index in [4.69, 9.17) is 4.42 Å². The van der Waals surface area contributed by atoms with Gasteiger partial charge in [0.1, 0.15) is 10.8 Å². The topological polar surface area (TPSA) is 84.2 Å². The molecule has 1 aromatic carbocycles. The fourth-order valence-corrected chi connectivity index (χ4v) is 3.42.